The summed E-state index contributed by atoms with van der Waals surface area (Å²) in [6.07, 6.45) is 2.47. The third-order valence-electron chi connectivity index (χ3n) is 3.85. The van der Waals surface area contributed by atoms with E-state index < -0.39 is 21.7 Å². The van der Waals surface area contributed by atoms with Gasteiger partial charge in [-0.1, -0.05) is 27.2 Å². The molecule has 0 aromatic rings. The molecule has 0 amide bonds. The van der Waals surface area contributed by atoms with Gasteiger partial charge in [-0.15, -0.1) is 0 Å². The van der Waals surface area contributed by atoms with Crippen LogP contribution in [0.15, 0.2) is 0 Å². The van der Waals surface area contributed by atoms with E-state index in [1.807, 2.05) is 0 Å². The van der Waals surface area contributed by atoms with Crippen LogP contribution >= 0.6 is 15.6 Å². The summed E-state index contributed by atoms with van der Waals surface area (Å²) >= 11 is 0. The molecular weight excluding hydrogens is 294 g/mol. The molecule has 114 valence electrons. The van der Waals surface area contributed by atoms with E-state index in [0.717, 1.165) is 12.8 Å². The lowest BCUT2D eigenvalue weighted by Crippen LogP contribution is -2.34. The Bertz CT molecular complexity index is 405. The fourth-order valence-corrected chi connectivity index (χ4v) is 4.20. The molecular formula is C10H22O7P2. The highest BCUT2D eigenvalue weighted by Crippen LogP contribution is 2.59. The molecule has 0 saturated heterocycles. The van der Waals surface area contributed by atoms with Crippen LogP contribution in [-0.4, -0.2) is 20.8 Å². The minimum Gasteiger partial charge on any atom is -0.302 e. The first-order valence-corrected chi connectivity index (χ1v) is 9.24. The zero-order valence-electron chi connectivity index (χ0n) is 11.4. The average molecular weight is 316 g/mol. The molecule has 0 heterocycles. The Morgan fingerprint density at radius 3 is 2.32 bits per heavy atom. The third kappa shape index (κ3) is 5.64. The van der Waals surface area contributed by atoms with Crippen molar-refractivity contribution in [1.82, 2.24) is 0 Å². The largest absolute Gasteiger partial charge is 0.481 e. The summed E-state index contributed by atoms with van der Waals surface area (Å²) in [6, 6.07) is 0. The Hall–Kier alpha value is 0.260. The molecule has 0 radical (unpaired) electrons. The predicted octanol–water partition coefficient (Wildman–Crippen LogP) is 2.82. The van der Waals surface area contributed by atoms with Crippen molar-refractivity contribution in [3.05, 3.63) is 0 Å². The molecule has 3 atom stereocenters. The highest BCUT2D eigenvalue weighted by Gasteiger charge is 2.40. The van der Waals surface area contributed by atoms with Crippen molar-refractivity contribution >= 4 is 15.6 Å². The molecule has 1 aliphatic carbocycles. The Morgan fingerprint density at radius 2 is 1.84 bits per heavy atom. The maximum Gasteiger partial charge on any atom is 0.481 e. The van der Waals surface area contributed by atoms with Crippen molar-refractivity contribution in [2.75, 3.05) is 0 Å². The molecule has 0 aromatic carbocycles. The van der Waals surface area contributed by atoms with E-state index in [0.29, 0.717) is 18.8 Å². The molecule has 0 spiro atoms. The topological polar surface area (TPSA) is 113 Å². The number of phosphoric acid groups is 2. The standard InChI is InChI=1S/C10H22O7P2/c1-8(2)10(3)6-4-5-9(7-10)16-19(14,15)17-18(11,12)13/h8-9H,4-7H2,1-3H3,(H,14,15)(H2,11,12,13). The average Bonchev–Trinajstić information content (AvgIpc) is 2.11. The second kappa shape index (κ2) is 5.94. The van der Waals surface area contributed by atoms with Crippen LogP contribution < -0.4 is 0 Å². The van der Waals surface area contributed by atoms with Crippen LogP contribution in [-0.2, 0) is 18.0 Å². The maximum atomic E-state index is 11.5. The molecule has 9 heteroatoms. The van der Waals surface area contributed by atoms with Crippen LogP contribution in [0.4, 0.5) is 0 Å². The fourth-order valence-electron chi connectivity index (χ4n) is 2.41. The Balaban J connectivity index is 2.67. The van der Waals surface area contributed by atoms with E-state index in [-0.39, 0.29) is 5.41 Å². The molecule has 1 rings (SSSR count). The lowest BCUT2D eigenvalue weighted by molar-refractivity contribution is 0.0266. The summed E-state index contributed by atoms with van der Waals surface area (Å²) in [4.78, 5) is 26.4. The zero-order valence-corrected chi connectivity index (χ0v) is 13.1. The molecule has 7 nitrogen and oxygen atoms in total. The summed E-state index contributed by atoms with van der Waals surface area (Å²) in [6.45, 7) is 6.24. The lowest BCUT2D eigenvalue weighted by atomic mass is 9.68. The highest BCUT2D eigenvalue weighted by molar-refractivity contribution is 7.60. The predicted molar refractivity (Wildman–Crippen MR) is 69.2 cm³/mol. The number of hydrogen-bond acceptors (Lipinski definition) is 4. The van der Waals surface area contributed by atoms with Gasteiger partial charge in [-0.05, 0) is 30.6 Å². The molecule has 1 aliphatic rings. The van der Waals surface area contributed by atoms with E-state index in [1.54, 1.807) is 0 Å². The first kappa shape index (κ1) is 17.3. The van der Waals surface area contributed by atoms with Crippen molar-refractivity contribution in [1.29, 1.82) is 0 Å². The monoisotopic (exact) mass is 316 g/mol. The smallest absolute Gasteiger partial charge is 0.302 e. The minimum atomic E-state index is -5.04. The SMILES string of the molecule is CC(C)C1(C)CCCC(OP(=O)(O)OP(=O)(O)O)C1. The second-order valence-corrected chi connectivity index (χ2v) is 8.46. The fraction of sp³-hybridized carbons (Fsp3) is 1.00. The normalized spacial score (nSPS) is 32.3. The summed E-state index contributed by atoms with van der Waals surface area (Å²) in [5, 5.41) is 0. The van der Waals surface area contributed by atoms with Crippen LogP contribution in [0.25, 0.3) is 0 Å². The van der Waals surface area contributed by atoms with E-state index in [4.69, 9.17) is 14.3 Å². The van der Waals surface area contributed by atoms with Crippen molar-refractivity contribution in [3.8, 4) is 0 Å². The minimum absolute atomic E-state index is 0.00889. The van der Waals surface area contributed by atoms with Crippen LogP contribution in [0.3, 0.4) is 0 Å². The molecule has 1 saturated carbocycles. The summed E-state index contributed by atoms with van der Waals surface area (Å²) in [5.41, 5.74) is -0.00889. The van der Waals surface area contributed by atoms with Crippen molar-refractivity contribution in [2.45, 2.75) is 52.6 Å². The van der Waals surface area contributed by atoms with Crippen LogP contribution in [0, 0.1) is 11.3 Å². The molecule has 0 bridgehead atoms. The second-order valence-electron chi connectivity index (χ2n) is 5.67. The first-order valence-electron chi connectivity index (χ1n) is 6.22. The maximum absolute atomic E-state index is 11.5. The van der Waals surface area contributed by atoms with Gasteiger partial charge in [-0.2, -0.15) is 4.31 Å². The van der Waals surface area contributed by atoms with Gasteiger partial charge in [-0.25, -0.2) is 9.13 Å². The van der Waals surface area contributed by atoms with Gasteiger partial charge in [0.25, 0.3) is 0 Å². The van der Waals surface area contributed by atoms with E-state index in [9.17, 15) is 14.0 Å². The third-order valence-corrected chi connectivity index (χ3v) is 6.09. The number of hydrogen-bond donors (Lipinski definition) is 3. The zero-order chi connectivity index (χ0) is 14.9. The van der Waals surface area contributed by atoms with Gasteiger partial charge in [0.1, 0.15) is 0 Å². The van der Waals surface area contributed by atoms with Gasteiger partial charge >= 0.3 is 15.6 Å². The summed E-state index contributed by atoms with van der Waals surface area (Å²) in [7, 11) is -9.78. The Labute approximate surface area is 113 Å². The molecule has 3 unspecified atom stereocenters. The van der Waals surface area contributed by atoms with E-state index in [1.165, 1.54) is 0 Å². The van der Waals surface area contributed by atoms with Crippen molar-refractivity contribution in [3.63, 3.8) is 0 Å². The number of rotatable bonds is 5. The van der Waals surface area contributed by atoms with Gasteiger partial charge in [0.15, 0.2) is 0 Å². The lowest BCUT2D eigenvalue weighted by Gasteiger charge is -2.41. The van der Waals surface area contributed by atoms with E-state index >= 15 is 0 Å². The van der Waals surface area contributed by atoms with Gasteiger partial charge in [-0.3, -0.25) is 4.52 Å². The van der Waals surface area contributed by atoms with Gasteiger partial charge in [0, 0.05) is 0 Å². The highest BCUT2D eigenvalue weighted by atomic mass is 31.3. The van der Waals surface area contributed by atoms with E-state index in [2.05, 4.69) is 25.1 Å². The quantitative estimate of drug-likeness (QED) is 0.668. The molecule has 0 aliphatic heterocycles. The Morgan fingerprint density at radius 1 is 1.26 bits per heavy atom. The van der Waals surface area contributed by atoms with Crippen LogP contribution in [0.5, 0.6) is 0 Å². The summed E-state index contributed by atoms with van der Waals surface area (Å²) in [5.74, 6) is 0.389. The molecule has 3 N–H and O–H groups in total. The molecule has 1 fully saturated rings. The van der Waals surface area contributed by atoms with Crippen molar-refractivity contribution in [2.24, 2.45) is 11.3 Å². The molecule has 0 aromatic heterocycles. The van der Waals surface area contributed by atoms with Crippen molar-refractivity contribution < 1.29 is 32.6 Å². The van der Waals surface area contributed by atoms with Crippen LogP contribution in [0.2, 0.25) is 0 Å². The van der Waals surface area contributed by atoms with Gasteiger partial charge < -0.3 is 14.7 Å². The van der Waals surface area contributed by atoms with Gasteiger partial charge in [0.05, 0.1) is 6.10 Å². The Kier molecular flexibility index (Phi) is 5.41. The van der Waals surface area contributed by atoms with Gasteiger partial charge in [0.2, 0.25) is 0 Å². The first-order chi connectivity index (χ1) is 8.44. The van der Waals surface area contributed by atoms with Crippen LogP contribution in [0.1, 0.15) is 46.5 Å². The number of phosphoric ester groups is 1. The molecule has 19 heavy (non-hydrogen) atoms. The summed E-state index contributed by atoms with van der Waals surface area (Å²) < 4.78 is 30.8.